The lowest BCUT2D eigenvalue weighted by atomic mass is 10.2. The highest BCUT2D eigenvalue weighted by atomic mass is 35.5. The molecule has 0 radical (unpaired) electrons. The van der Waals surface area contributed by atoms with Gasteiger partial charge in [-0.3, -0.25) is 9.59 Å². The van der Waals surface area contributed by atoms with Crippen molar-refractivity contribution in [3.63, 3.8) is 0 Å². The molecular weight excluding hydrogens is 315 g/mol. The number of carbonyl (C=O) groups excluding carboxylic acids is 1. The number of rotatable bonds is 6. The van der Waals surface area contributed by atoms with Crippen molar-refractivity contribution in [1.29, 1.82) is 0 Å². The molecule has 0 aliphatic carbocycles. The van der Waals surface area contributed by atoms with Gasteiger partial charge in [0.1, 0.15) is 12.6 Å². The highest BCUT2D eigenvalue weighted by Gasteiger charge is 2.12. The molecule has 122 valence electrons. The molecule has 0 heterocycles. The molecule has 0 aliphatic heterocycles. The Morgan fingerprint density at radius 1 is 1.15 bits per heavy atom. The molecular formula is C10H22Cl2N2O6. The summed E-state index contributed by atoms with van der Waals surface area (Å²) in [7, 11) is 5.40. The Morgan fingerprint density at radius 2 is 1.55 bits per heavy atom. The second kappa shape index (κ2) is 12.9. The predicted molar refractivity (Wildman–Crippen MR) is 74.9 cm³/mol. The topological polar surface area (TPSA) is 141 Å². The third-order valence-electron chi connectivity index (χ3n) is 1.59. The average molecular weight is 337 g/mol. The molecule has 0 fully saturated rings. The molecule has 0 saturated heterocycles. The van der Waals surface area contributed by atoms with Crippen LogP contribution in [0, 0.1) is 0 Å². The number of halogens is 2. The fraction of sp³-hybridized carbons (Fsp3) is 0.700. The van der Waals surface area contributed by atoms with E-state index in [1.54, 1.807) is 21.1 Å². The number of likely N-dealkylation sites (N-methyl/N-ethyl adjacent to an activating group) is 1. The lowest BCUT2D eigenvalue weighted by molar-refractivity contribution is -0.864. The Hall–Kier alpha value is -1.09. The molecule has 0 saturated carbocycles. The number of quaternary nitrogens is 1. The highest BCUT2D eigenvalue weighted by Crippen LogP contribution is 1.93. The maximum absolute atomic E-state index is 9.99. The largest absolute Gasteiger partial charge is 0.544 e. The number of nitrogens with two attached hydrogens (primary N) is 1. The summed E-state index contributed by atoms with van der Waals surface area (Å²) in [6.07, 6.45) is -0.224. The quantitative estimate of drug-likeness (QED) is 0.504. The van der Waals surface area contributed by atoms with E-state index in [0.29, 0.717) is 4.48 Å². The zero-order chi connectivity index (χ0) is 14.9. The van der Waals surface area contributed by atoms with Crippen molar-refractivity contribution in [2.75, 3.05) is 27.7 Å². The number of nitrogens with zero attached hydrogens (tertiary/aromatic N) is 1. The van der Waals surface area contributed by atoms with Crippen LogP contribution >= 0.6 is 24.8 Å². The molecule has 0 spiro atoms. The first kappa shape index (κ1) is 27.3. The van der Waals surface area contributed by atoms with E-state index < -0.39 is 23.9 Å². The fourth-order valence-corrected chi connectivity index (χ4v) is 0.790. The molecule has 0 bridgehead atoms. The van der Waals surface area contributed by atoms with E-state index in [1.807, 2.05) is 0 Å². The molecule has 4 N–H and O–H groups in total. The SMILES string of the molecule is C[N+](C)(C)CC(=O)[O-].Cl.Cl.N[C@@H](CCC(=O)O)C(=O)O. The van der Waals surface area contributed by atoms with Crippen LogP contribution in [-0.2, 0) is 14.4 Å². The normalized spacial score (nSPS) is 10.8. The minimum Gasteiger partial charge on any atom is -0.544 e. The molecule has 0 rings (SSSR count). The summed E-state index contributed by atoms with van der Waals surface area (Å²) in [5.41, 5.74) is 5.00. The third kappa shape index (κ3) is 25.7. The van der Waals surface area contributed by atoms with E-state index >= 15 is 0 Å². The van der Waals surface area contributed by atoms with Gasteiger partial charge < -0.3 is 30.3 Å². The zero-order valence-electron chi connectivity index (χ0n) is 11.6. The standard InChI is InChI=1S/C5H9NO4.C5H11NO2.2ClH/c6-3(5(9)10)1-2-4(7)8;1-6(2,3)4-5(7)8;;/h3H,1-2,6H2,(H,7,8)(H,9,10);4H2,1-3H3;2*1H/t3-;;;/m0.../s1. The molecule has 0 aromatic heterocycles. The summed E-state index contributed by atoms with van der Waals surface area (Å²) < 4.78 is 0.419. The molecule has 0 aliphatic rings. The van der Waals surface area contributed by atoms with E-state index in [1.165, 1.54) is 0 Å². The van der Waals surface area contributed by atoms with Crippen LogP contribution in [0.2, 0.25) is 0 Å². The Bertz CT molecular complexity index is 307. The van der Waals surface area contributed by atoms with Crippen LogP contribution in [0.25, 0.3) is 0 Å². The van der Waals surface area contributed by atoms with Crippen LogP contribution in [0.1, 0.15) is 12.8 Å². The van der Waals surface area contributed by atoms with Crippen LogP contribution in [0.5, 0.6) is 0 Å². The minimum atomic E-state index is -1.17. The Kier molecular flexibility index (Phi) is 17.6. The lowest BCUT2D eigenvalue weighted by Gasteiger charge is -2.23. The first-order valence-corrected chi connectivity index (χ1v) is 5.16. The van der Waals surface area contributed by atoms with E-state index in [-0.39, 0.29) is 44.2 Å². The number of carboxylic acid groups (broad SMARTS) is 3. The second-order valence-electron chi connectivity index (χ2n) is 4.70. The van der Waals surface area contributed by atoms with Gasteiger partial charge in [0.05, 0.1) is 27.1 Å². The highest BCUT2D eigenvalue weighted by molar-refractivity contribution is 5.85. The second-order valence-corrected chi connectivity index (χ2v) is 4.70. The molecule has 10 heteroatoms. The molecule has 0 aromatic carbocycles. The smallest absolute Gasteiger partial charge is 0.320 e. The van der Waals surface area contributed by atoms with Crippen molar-refractivity contribution >= 4 is 42.7 Å². The van der Waals surface area contributed by atoms with Gasteiger partial charge in [-0.05, 0) is 6.42 Å². The van der Waals surface area contributed by atoms with E-state index in [0.717, 1.165) is 0 Å². The zero-order valence-corrected chi connectivity index (χ0v) is 13.2. The first-order valence-electron chi connectivity index (χ1n) is 5.16. The summed E-state index contributed by atoms with van der Waals surface area (Å²) in [5, 5.41) is 26.2. The van der Waals surface area contributed by atoms with Crippen molar-refractivity contribution in [1.82, 2.24) is 0 Å². The molecule has 20 heavy (non-hydrogen) atoms. The van der Waals surface area contributed by atoms with E-state index in [9.17, 15) is 19.5 Å². The summed E-state index contributed by atoms with van der Waals surface area (Å²) in [6.45, 7) is 0.0694. The monoisotopic (exact) mass is 336 g/mol. The van der Waals surface area contributed by atoms with Gasteiger partial charge in [-0.25, -0.2) is 0 Å². The van der Waals surface area contributed by atoms with Gasteiger partial charge in [0.25, 0.3) is 0 Å². The number of carbonyl (C=O) groups is 3. The number of hydrogen-bond acceptors (Lipinski definition) is 5. The van der Waals surface area contributed by atoms with Crippen LogP contribution in [0.4, 0.5) is 0 Å². The van der Waals surface area contributed by atoms with Gasteiger partial charge in [-0.1, -0.05) is 0 Å². The van der Waals surface area contributed by atoms with Crippen molar-refractivity contribution in [2.45, 2.75) is 18.9 Å². The summed E-state index contributed by atoms with van der Waals surface area (Å²) in [4.78, 5) is 29.8. The predicted octanol–water partition coefficient (Wildman–Crippen LogP) is -1.45. The van der Waals surface area contributed by atoms with Gasteiger partial charge >= 0.3 is 11.9 Å². The average Bonchev–Trinajstić information content (AvgIpc) is 2.10. The molecule has 0 amide bonds. The molecule has 1 atom stereocenters. The molecule has 0 aromatic rings. The van der Waals surface area contributed by atoms with Gasteiger partial charge in [-0.2, -0.15) is 0 Å². The maximum Gasteiger partial charge on any atom is 0.320 e. The summed E-state index contributed by atoms with van der Waals surface area (Å²) in [6, 6.07) is -1.06. The van der Waals surface area contributed by atoms with Crippen LogP contribution in [0.15, 0.2) is 0 Å². The van der Waals surface area contributed by atoms with Crippen molar-refractivity contribution in [2.24, 2.45) is 5.73 Å². The fourth-order valence-electron chi connectivity index (χ4n) is 0.790. The number of aliphatic carboxylic acids is 3. The van der Waals surface area contributed by atoms with Gasteiger partial charge in [-0.15, -0.1) is 24.8 Å². The van der Waals surface area contributed by atoms with Gasteiger partial charge in [0, 0.05) is 6.42 Å². The van der Waals surface area contributed by atoms with E-state index in [2.05, 4.69) is 0 Å². The maximum atomic E-state index is 9.99. The van der Waals surface area contributed by atoms with Gasteiger partial charge in [0.15, 0.2) is 0 Å². The van der Waals surface area contributed by atoms with E-state index in [4.69, 9.17) is 15.9 Å². The van der Waals surface area contributed by atoms with Crippen LogP contribution < -0.4 is 10.8 Å². The first-order chi connectivity index (χ1) is 7.95. The molecule has 0 unspecified atom stereocenters. The van der Waals surface area contributed by atoms with Crippen molar-refractivity contribution < 1.29 is 34.2 Å². The minimum absolute atomic E-state index is 0. The van der Waals surface area contributed by atoms with Crippen molar-refractivity contribution in [3.8, 4) is 0 Å². The third-order valence-corrected chi connectivity index (χ3v) is 1.59. The Morgan fingerprint density at radius 3 is 1.70 bits per heavy atom. The summed E-state index contributed by atoms with van der Waals surface area (Å²) >= 11 is 0. The Labute approximate surface area is 130 Å². The van der Waals surface area contributed by atoms with Crippen LogP contribution in [0.3, 0.4) is 0 Å². The number of hydrogen-bond donors (Lipinski definition) is 3. The summed E-state index contributed by atoms with van der Waals surface area (Å²) in [5.74, 6) is -3.20. The lowest BCUT2D eigenvalue weighted by Crippen LogP contribution is -2.45. The molecule has 8 nitrogen and oxygen atoms in total. The van der Waals surface area contributed by atoms with Gasteiger partial charge in [0.2, 0.25) is 0 Å². The van der Waals surface area contributed by atoms with Crippen molar-refractivity contribution in [3.05, 3.63) is 0 Å². The number of carboxylic acids is 3. The van der Waals surface area contributed by atoms with Crippen LogP contribution in [-0.4, -0.2) is 66.3 Å². The Balaban J connectivity index is -0.000000119.